The van der Waals surface area contributed by atoms with Crippen LogP contribution in [0.15, 0.2) is 30.3 Å². The first kappa shape index (κ1) is 26.2. The minimum atomic E-state index is -0.950. The van der Waals surface area contributed by atoms with Gasteiger partial charge in [0.1, 0.15) is 12.1 Å². The van der Waals surface area contributed by atoms with Gasteiger partial charge in [0.15, 0.2) is 0 Å². The molecule has 1 saturated carbocycles. The Morgan fingerprint density at radius 2 is 1.91 bits per heavy atom. The molecule has 2 fully saturated rings. The Hall–Kier alpha value is -2.45. The molecule has 4 N–H and O–H groups in total. The normalized spacial score (nSPS) is 23.4. The van der Waals surface area contributed by atoms with Crippen molar-refractivity contribution in [2.75, 3.05) is 13.2 Å². The number of fused-ring (bicyclic) bond motifs is 1. The molecule has 0 radical (unpaired) electrons. The van der Waals surface area contributed by atoms with E-state index in [9.17, 15) is 19.5 Å². The highest BCUT2D eigenvalue weighted by molar-refractivity contribution is 5.89. The number of likely N-dealkylation sites (tertiary alicyclic amines) is 1. The molecule has 0 spiro atoms. The molecule has 3 rings (SSSR count). The monoisotopic (exact) mass is 473 g/mol. The van der Waals surface area contributed by atoms with Crippen LogP contribution in [0.1, 0.15) is 63.9 Å². The smallest absolute Gasteiger partial charge is 0.326 e. The average molecular weight is 474 g/mol. The molecule has 0 aromatic heterocycles. The lowest BCUT2D eigenvalue weighted by molar-refractivity contribution is -0.152. The van der Waals surface area contributed by atoms with Crippen molar-refractivity contribution in [3.63, 3.8) is 0 Å². The van der Waals surface area contributed by atoms with E-state index < -0.39 is 24.1 Å². The maximum atomic E-state index is 13.8. The minimum Gasteiger partial charge on any atom is -0.480 e. The number of nitrogens with two attached hydrogens (primary N) is 1. The fourth-order valence-electron chi connectivity index (χ4n) is 5.49. The highest BCUT2D eigenvalue weighted by Gasteiger charge is 2.50. The Labute approximate surface area is 202 Å². The standard InChI is InChI=1S/C26H39N3O5/c1-2-34-26(33)21(15-14-18-9-4-3-5-10-18)28-20(12-6-7-16-27)24(30)29-22-13-8-11-19(22)17-23(29)25(31)32/h3-5,9-10,19-23,28H,2,6-8,11-17,27H2,1H3,(H,31,32)/t19-,20+,21?,22+,23+/m1/s1. The van der Waals surface area contributed by atoms with Crippen LogP contribution in [-0.4, -0.2) is 65.2 Å². The molecule has 1 saturated heterocycles. The predicted molar refractivity (Wildman–Crippen MR) is 129 cm³/mol. The van der Waals surface area contributed by atoms with Crippen LogP contribution in [0.25, 0.3) is 0 Å². The van der Waals surface area contributed by atoms with E-state index in [4.69, 9.17) is 10.5 Å². The number of ether oxygens (including phenoxy) is 1. The number of hydrogen-bond donors (Lipinski definition) is 3. The van der Waals surface area contributed by atoms with Crippen molar-refractivity contribution in [1.29, 1.82) is 0 Å². The van der Waals surface area contributed by atoms with Crippen LogP contribution in [0.3, 0.4) is 0 Å². The summed E-state index contributed by atoms with van der Waals surface area (Å²) in [6.07, 6.45) is 6.44. The van der Waals surface area contributed by atoms with Gasteiger partial charge < -0.3 is 20.5 Å². The molecule has 1 aromatic carbocycles. The second kappa shape index (κ2) is 12.9. The van der Waals surface area contributed by atoms with Crippen molar-refractivity contribution < 1.29 is 24.2 Å². The lowest BCUT2D eigenvalue weighted by Gasteiger charge is -2.33. The molecule has 34 heavy (non-hydrogen) atoms. The van der Waals surface area contributed by atoms with Gasteiger partial charge in [0.2, 0.25) is 5.91 Å². The zero-order chi connectivity index (χ0) is 24.5. The van der Waals surface area contributed by atoms with Crippen molar-refractivity contribution in [3.05, 3.63) is 35.9 Å². The van der Waals surface area contributed by atoms with Crippen molar-refractivity contribution >= 4 is 17.8 Å². The van der Waals surface area contributed by atoms with Crippen molar-refractivity contribution in [2.24, 2.45) is 11.7 Å². The molecule has 2 aliphatic rings. The summed E-state index contributed by atoms with van der Waals surface area (Å²) in [5.74, 6) is -1.30. The molecule has 8 nitrogen and oxygen atoms in total. The summed E-state index contributed by atoms with van der Waals surface area (Å²) in [4.78, 5) is 40.2. The summed E-state index contributed by atoms with van der Waals surface area (Å²) < 4.78 is 5.31. The number of unbranched alkanes of at least 4 members (excludes halogenated alkanes) is 1. The number of carboxylic acid groups (broad SMARTS) is 1. The summed E-state index contributed by atoms with van der Waals surface area (Å²) in [6, 6.07) is 7.74. The van der Waals surface area contributed by atoms with Crippen molar-refractivity contribution in [2.45, 2.75) is 88.9 Å². The van der Waals surface area contributed by atoms with E-state index >= 15 is 0 Å². The number of carbonyl (C=O) groups is 3. The molecular formula is C26H39N3O5. The molecule has 1 aliphatic heterocycles. The van der Waals surface area contributed by atoms with E-state index in [0.717, 1.165) is 31.2 Å². The van der Waals surface area contributed by atoms with Crippen LogP contribution in [0, 0.1) is 5.92 Å². The number of carboxylic acids is 1. The van der Waals surface area contributed by atoms with E-state index in [0.29, 0.717) is 38.6 Å². The fourth-order valence-corrected chi connectivity index (χ4v) is 5.49. The number of esters is 1. The van der Waals surface area contributed by atoms with E-state index in [-0.39, 0.29) is 30.4 Å². The molecule has 8 heteroatoms. The van der Waals surface area contributed by atoms with E-state index in [1.807, 2.05) is 30.3 Å². The zero-order valence-electron chi connectivity index (χ0n) is 20.2. The Morgan fingerprint density at radius 3 is 2.59 bits per heavy atom. The number of aryl methyl sites for hydroxylation is 1. The maximum Gasteiger partial charge on any atom is 0.326 e. The van der Waals surface area contributed by atoms with Crippen LogP contribution in [0.4, 0.5) is 0 Å². The van der Waals surface area contributed by atoms with Crippen LogP contribution in [0.5, 0.6) is 0 Å². The molecule has 188 valence electrons. The van der Waals surface area contributed by atoms with E-state index in [1.54, 1.807) is 11.8 Å². The van der Waals surface area contributed by atoms with Gasteiger partial charge in [0.05, 0.1) is 12.6 Å². The first-order chi connectivity index (χ1) is 16.5. The van der Waals surface area contributed by atoms with Gasteiger partial charge in [-0.2, -0.15) is 0 Å². The lowest BCUT2D eigenvalue weighted by atomic mass is 10.0. The third-order valence-corrected chi connectivity index (χ3v) is 7.16. The first-order valence-electron chi connectivity index (χ1n) is 12.7. The first-order valence-corrected chi connectivity index (χ1v) is 12.7. The number of amides is 1. The molecule has 1 heterocycles. The quantitative estimate of drug-likeness (QED) is 0.297. The molecule has 1 aliphatic carbocycles. The van der Waals surface area contributed by atoms with Crippen LogP contribution in [-0.2, 0) is 25.5 Å². The molecule has 1 aromatic rings. The topological polar surface area (TPSA) is 122 Å². The van der Waals surface area contributed by atoms with Crippen LogP contribution < -0.4 is 11.1 Å². The van der Waals surface area contributed by atoms with Crippen molar-refractivity contribution in [1.82, 2.24) is 10.2 Å². The second-order valence-corrected chi connectivity index (χ2v) is 9.43. The molecule has 5 atom stereocenters. The number of aliphatic carboxylic acids is 1. The van der Waals surface area contributed by atoms with Gasteiger partial charge in [-0.15, -0.1) is 0 Å². The van der Waals surface area contributed by atoms with Crippen LogP contribution >= 0.6 is 0 Å². The molecular weight excluding hydrogens is 434 g/mol. The number of rotatable bonds is 13. The highest BCUT2D eigenvalue weighted by atomic mass is 16.5. The van der Waals surface area contributed by atoms with Gasteiger partial charge >= 0.3 is 11.9 Å². The van der Waals surface area contributed by atoms with Gasteiger partial charge in [-0.25, -0.2) is 4.79 Å². The lowest BCUT2D eigenvalue weighted by Crippen LogP contribution is -2.56. The summed E-state index contributed by atoms with van der Waals surface area (Å²) in [5, 5.41) is 13.1. The Morgan fingerprint density at radius 1 is 1.15 bits per heavy atom. The number of hydrogen-bond acceptors (Lipinski definition) is 6. The van der Waals surface area contributed by atoms with Gasteiger partial charge in [0, 0.05) is 6.04 Å². The SMILES string of the molecule is CCOC(=O)C(CCc1ccccc1)N[C@@H](CCCCN)C(=O)N1[C@H](C(=O)O)C[C@H]2CCC[C@@H]21. The minimum absolute atomic E-state index is 0.0298. The largest absolute Gasteiger partial charge is 0.480 e. The van der Waals surface area contributed by atoms with Gasteiger partial charge in [-0.05, 0) is 69.9 Å². The highest BCUT2D eigenvalue weighted by Crippen LogP contribution is 2.41. The summed E-state index contributed by atoms with van der Waals surface area (Å²) in [6.45, 7) is 2.53. The number of nitrogens with one attached hydrogen (secondary N) is 1. The zero-order valence-corrected chi connectivity index (χ0v) is 20.2. The number of benzene rings is 1. The number of nitrogens with zero attached hydrogens (tertiary/aromatic N) is 1. The van der Waals surface area contributed by atoms with Crippen molar-refractivity contribution in [3.8, 4) is 0 Å². The summed E-state index contributed by atoms with van der Waals surface area (Å²) in [5.41, 5.74) is 6.78. The second-order valence-electron chi connectivity index (χ2n) is 9.43. The third kappa shape index (κ3) is 6.57. The summed E-state index contributed by atoms with van der Waals surface area (Å²) in [7, 11) is 0. The van der Waals surface area contributed by atoms with Gasteiger partial charge in [0.25, 0.3) is 0 Å². The maximum absolute atomic E-state index is 13.8. The third-order valence-electron chi connectivity index (χ3n) is 7.16. The van der Waals surface area contributed by atoms with Gasteiger partial charge in [-0.1, -0.05) is 43.2 Å². The summed E-state index contributed by atoms with van der Waals surface area (Å²) >= 11 is 0. The fraction of sp³-hybridized carbons (Fsp3) is 0.654. The van der Waals surface area contributed by atoms with Crippen LogP contribution in [0.2, 0.25) is 0 Å². The van der Waals surface area contributed by atoms with E-state index in [1.165, 1.54) is 0 Å². The van der Waals surface area contributed by atoms with E-state index in [2.05, 4.69) is 5.32 Å². The average Bonchev–Trinajstić information content (AvgIpc) is 3.42. The molecule has 1 unspecified atom stereocenters. The Bertz CT molecular complexity index is 818. The molecule has 1 amide bonds. The number of carbonyl (C=O) groups excluding carboxylic acids is 2. The predicted octanol–water partition coefficient (Wildman–Crippen LogP) is 2.49. The Balaban J connectivity index is 1.79. The van der Waals surface area contributed by atoms with Gasteiger partial charge in [-0.3, -0.25) is 14.9 Å². The molecule has 0 bridgehead atoms. The Kier molecular flexibility index (Phi) is 9.89.